The van der Waals surface area contributed by atoms with Gasteiger partial charge in [-0.1, -0.05) is 23.2 Å². The van der Waals surface area contributed by atoms with Crippen molar-refractivity contribution in [3.05, 3.63) is 28.0 Å². The van der Waals surface area contributed by atoms with Gasteiger partial charge in [-0.05, 0) is 19.1 Å². The van der Waals surface area contributed by atoms with E-state index in [4.69, 9.17) is 34.8 Å². The molecule has 0 atom stereocenters. The lowest BCUT2D eigenvalue weighted by atomic mass is 10.3. The Morgan fingerprint density at radius 2 is 1.94 bits per heavy atom. The van der Waals surface area contributed by atoms with Crippen LogP contribution in [0.1, 0.15) is 12.7 Å². The third kappa shape index (κ3) is 2.02. The molecular formula is C11H11Cl3N2. The van der Waals surface area contributed by atoms with E-state index < -0.39 is 0 Å². The number of fused-ring (bicyclic) bond motifs is 1. The Morgan fingerprint density at radius 1 is 1.25 bits per heavy atom. The number of rotatable bonds is 3. The van der Waals surface area contributed by atoms with Crippen LogP contribution in [0.5, 0.6) is 0 Å². The molecular weight excluding hydrogens is 266 g/mol. The van der Waals surface area contributed by atoms with Crippen LogP contribution in [0.4, 0.5) is 0 Å². The predicted octanol–water partition coefficient (Wildman–Crippen LogP) is 4.14. The van der Waals surface area contributed by atoms with Crippen molar-refractivity contribution in [3.8, 4) is 0 Å². The van der Waals surface area contributed by atoms with Gasteiger partial charge < -0.3 is 4.57 Å². The topological polar surface area (TPSA) is 17.8 Å². The highest BCUT2D eigenvalue weighted by Gasteiger charge is 2.11. The molecule has 0 fully saturated rings. The molecule has 0 aliphatic heterocycles. The van der Waals surface area contributed by atoms with E-state index >= 15 is 0 Å². The summed E-state index contributed by atoms with van der Waals surface area (Å²) in [5.74, 6) is 1.54. The van der Waals surface area contributed by atoms with Gasteiger partial charge in [0, 0.05) is 18.8 Å². The van der Waals surface area contributed by atoms with Crippen molar-refractivity contribution in [1.29, 1.82) is 0 Å². The Hall–Kier alpha value is -0.440. The second-order valence-corrected chi connectivity index (χ2v) is 4.66. The first kappa shape index (κ1) is 12.0. The standard InChI is InChI=1S/C11H11Cl3N2/c1-2-16-10-6-8(14)7(13)5-9(10)15-11(16)3-4-12/h5-6H,2-4H2,1H3. The number of hydrogen-bond acceptors (Lipinski definition) is 1. The number of hydrogen-bond donors (Lipinski definition) is 0. The van der Waals surface area contributed by atoms with E-state index in [1.165, 1.54) is 0 Å². The molecule has 0 saturated carbocycles. The summed E-state index contributed by atoms with van der Waals surface area (Å²) in [4.78, 5) is 4.51. The zero-order valence-electron chi connectivity index (χ0n) is 8.80. The van der Waals surface area contributed by atoms with Crippen LogP contribution < -0.4 is 0 Å². The summed E-state index contributed by atoms with van der Waals surface area (Å²) < 4.78 is 2.11. The van der Waals surface area contributed by atoms with Crippen molar-refractivity contribution >= 4 is 45.8 Å². The van der Waals surface area contributed by atoms with E-state index in [-0.39, 0.29) is 0 Å². The highest BCUT2D eigenvalue weighted by atomic mass is 35.5. The molecule has 0 N–H and O–H groups in total. The van der Waals surface area contributed by atoms with Gasteiger partial charge in [-0.25, -0.2) is 4.98 Å². The minimum absolute atomic E-state index is 0.535. The summed E-state index contributed by atoms with van der Waals surface area (Å²) in [5.41, 5.74) is 1.88. The number of aryl methyl sites for hydroxylation is 2. The average molecular weight is 278 g/mol. The number of alkyl halides is 1. The van der Waals surface area contributed by atoms with Crippen LogP contribution in [0, 0.1) is 0 Å². The minimum Gasteiger partial charge on any atom is -0.328 e. The second-order valence-electron chi connectivity index (χ2n) is 3.47. The summed E-state index contributed by atoms with van der Waals surface area (Å²) in [6.45, 7) is 2.92. The zero-order valence-corrected chi connectivity index (χ0v) is 11.1. The maximum Gasteiger partial charge on any atom is 0.111 e. The summed E-state index contributed by atoms with van der Waals surface area (Å²) in [6, 6.07) is 3.65. The second kappa shape index (κ2) is 4.82. The van der Waals surface area contributed by atoms with E-state index in [1.807, 2.05) is 6.07 Å². The number of benzene rings is 1. The lowest BCUT2D eigenvalue weighted by Gasteiger charge is -2.04. The van der Waals surface area contributed by atoms with Crippen LogP contribution in [-0.2, 0) is 13.0 Å². The van der Waals surface area contributed by atoms with Crippen molar-refractivity contribution in [2.45, 2.75) is 19.9 Å². The molecule has 0 radical (unpaired) electrons. The summed E-state index contributed by atoms with van der Waals surface area (Å²) >= 11 is 17.7. The predicted molar refractivity (Wildman–Crippen MR) is 69.9 cm³/mol. The van der Waals surface area contributed by atoms with Gasteiger partial charge in [-0.15, -0.1) is 11.6 Å². The molecule has 0 aliphatic rings. The van der Waals surface area contributed by atoms with Gasteiger partial charge in [0.05, 0.1) is 21.1 Å². The Labute approximate surface area is 109 Å². The van der Waals surface area contributed by atoms with Crippen LogP contribution >= 0.6 is 34.8 Å². The minimum atomic E-state index is 0.535. The van der Waals surface area contributed by atoms with Crippen LogP contribution in [0.3, 0.4) is 0 Å². The van der Waals surface area contributed by atoms with Gasteiger partial charge in [0.2, 0.25) is 0 Å². The molecule has 0 unspecified atom stereocenters. The van der Waals surface area contributed by atoms with Crippen molar-refractivity contribution in [1.82, 2.24) is 9.55 Å². The maximum absolute atomic E-state index is 6.00. The van der Waals surface area contributed by atoms with E-state index in [2.05, 4.69) is 16.5 Å². The molecule has 1 aromatic heterocycles. The Balaban J connectivity index is 2.67. The van der Waals surface area contributed by atoms with E-state index in [0.717, 1.165) is 29.8 Å². The third-order valence-electron chi connectivity index (χ3n) is 2.50. The first-order valence-corrected chi connectivity index (χ1v) is 6.36. The highest BCUT2D eigenvalue weighted by Crippen LogP contribution is 2.28. The largest absolute Gasteiger partial charge is 0.328 e. The Morgan fingerprint density at radius 3 is 2.56 bits per heavy atom. The average Bonchev–Trinajstić information content (AvgIpc) is 2.56. The van der Waals surface area contributed by atoms with Gasteiger partial charge >= 0.3 is 0 Å². The summed E-state index contributed by atoms with van der Waals surface area (Å²) in [6.07, 6.45) is 0.749. The van der Waals surface area contributed by atoms with E-state index in [0.29, 0.717) is 15.9 Å². The van der Waals surface area contributed by atoms with Crippen molar-refractivity contribution in [2.24, 2.45) is 0 Å². The number of imidazole rings is 1. The smallest absolute Gasteiger partial charge is 0.111 e. The molecule has 16 heavy (non-hydrogen) atoms. The Bertz CT molecular complexity index is 519. The molecule has 2 rings (SSSR count). The lowest BCUT2D eigenvalue weighted by Crippen LogP contribution is -2.02. The van der Waals surface area contributed by atoms with Gasteiger partial charge in [0.15, 0.2) is 0 Å². The Kier molecular flexibility index (Phi) is 3.63. The SMILES string of the molecule is CCn1c(CCCl)nc2cc(Cl)c(Cl)cc21. The van der Waals surface area contributed by atoms with Gasteiger partial charge in [0.1, 0.15) is 5.82 Å². The van der Waals surface area contributed by atoms with Crippen LogP contribution in [0.25, 0.3) is 11.0 Å². The summed E-state index contributed by atoms with van der Waals surface area (Å²) in [7, 11) is 0. The van der Waals surface area contributed by atoms with Gasteiger partial charge in [0.25, 0.3) is 0 Å². The zero-order chi connectivity index (χ0) is 11.7. The van der Waals surface area contributed by atoms with Crippen molar-refractivity contribution in [3.63, 3.8) is 0 Å². The molecule has 86 valence electrons. The fourth-order valence-electron chi connectivity index (χ4n) is 1.80. The molecule has 0 bridgehead atoms. The first-order valence-electron chi connectivity index (χ1n) is 5.07. The van der Waals surface area contributed by atoms with Crippen LogP contribution in [0.2, 0.25) is 10.0 Å². The van der Waals surface area contributed by atoms with Crippen molar-refractivity contribution < 1.29 is 0 Å². The van der Waals surface area contributed by atoms with Crippen LogP contribution in [0.15, 0.2) is 12.1 Å². The molecule has 0 spiro atoms. The molecule has 0 amide bonds. The normalized spacial score (nSPS) is 11.2. The summed E-state index contributed by atoms with van der Waals surface area (Å²) in [5, 5.41) is 1.09. The molecule has 0 saturated heterocycles. The molecule has 1 heterocycles. The van der Waals surface area contributed by atoms with E-state index in [9.17, 15) is 0 Å². The quantitative estimate of drug-likeness (QED) is 0.771. The number of nitrogens with zero attached hydrogens (tertiary/aromatic N) is 2. The van der Waals surface area contributed by atoms with Gasteiger partial charge in [-0.3, -0.25) is 0 Å². The molecule has 2 aromatic rings. The third-order valence-corrected chi connectivity index (χ3v) is 3.41. The number of halogens is 3. The first-order chi connectivity index (χ1) is 7.67. The molecule has 1 aromatic carbocycles. The van der Waals surface area contributed by atoms with Crippen LogP contribution in [-0.4, -0.2) is 15.4 Å². The fourth-order valence-corrected chi connectivity index (χ4v) is 2.28. The van der Waals surface area contributed by atoms with E-state index in [1.54, 1.807) is 6.07 Å². The fraction of sp³-hybridized carbons (Fsp3) is 0.364. The van der Waals surface area contributed by atoms with Gasteiger partial charge in [-0.2, -0.15) is 0 Å². The molecule has 2 nitrogen and oxygen atoms in total. The van der Waals surface area contributed by atoms with Crippen molar-refractivity contribution in [2.75, 3.05) is 5.88 Å². The lowest BCUT2D eigenvalue weighted by molar-refractivity contribution is 0.727. The molecule has 0 aliphatic carbocycles. The maximum atomic E-state index is 6.00. The number of aromatic nitrogens is 2. The monoisotopic (exact) mass is 276 g/mol. The molecule has 5 heteroatoms. The highest BCUT2D eigenvalue weighted by molar-refractivity contribution is 6.42.